The summed E-state index contributed by atoms with van der Waals surface area (Å²) in [5, 5.41) is 0.843. The Hall–Kier alpha value is -1.88. The third-order valence-electron chi connectivity index (χ3n) is 2.64. The number of rotatable bonds is 5. The molecule has 1 N–H and O–H groups in total. The van der Waals surface area contributed by atoms with Crippen LogP contribution in [0.4, 0.5) is 0 Å². The summed E-state index contributed by atoms with van der Waals surface area (Å²) in [4.78, 5) is 14.4. The Morgan fingerprint density at radius 2 is 2.05 bits per heavy atom. The minimum Gasteiger partial charge on any atom is -0.493 e. The highest BCUT2D eigenvalue weighted by Gasteiger charge is 2.13. The Kier molecular flexibility index (Phi) is 4.16. The summed E-state index contributed by atoms with van der Waals surface area (Å²) in [7, 11) is 2.89. The molecule has 0 aliphatic rings. The van der Waals surface area contributed by atoms with Crippen molar-refractivity contribution in [3.05, 3.63) is 23.9 Å². The molecule has 0 saturated carbocycles. The molecule has 1 aromatic heterocycles. The number of alkyl halides is 1. The van der Waals surface area contributed by atoms with E-state index in [1.54, 1.807) is 25.3 Å². The molecule has 0 unspecified atom stereocenters. The number of hydrogen-bond acceptors (Lipinski definition) is 4. The molecule has 2 aromatic rings. The van der Waals surface area contributed by atoms with Gasteiger partial charge in [-0.2, -0.15) is 0 Å². The molecule has 5 nitrogen and oxygen atoms in total. The van der Waals surface area contributed by atoms with E-state index in [0.717, 1.165) is 10.9 Å². The van der Waals surface area contributed by atoms with Gasteiger partial charge in [-0.3, -0.25) is 0 Å². The molecule has 2 rings (SSSR count). The molecule has 0 fully saturated rings. The Labute approximate surface area is 115 Å². The largest absolute Gasteiger partial charge is 0.493 e. The van der Waals surface area contributed by atoms with Crippen LogP contribution in [0.5, 0.6) is 11.5 Å². The monoisotopic (exact) mass is 283 g/mol. The molecule has 0 bridgehead atoms. The fraction of sp³-hybridized carbons (Fsp3) is 0.308. The molecule has 0 atom stereocenters. The maximum atomic E-state index is 11.5. The van der Waals surface area contributed by atoms with E-state index in [4.69, 9.17) is 21.1 Å². The summed E-state index contributed by atoms with van der Waals surface area (Å²) in [6, 6.07) is 5.27. The first-order chi connectivity index (χ1) is 9.19. The number of aromatic amines is 1. The SMILES string of the molecule is COC(=O)c1cc2cc(OC)c(OCCCl)cc2[nH]1. The fourth-order valence-corrected chi connectivity index (χ4v) is 1.86. The number of fused-ring (bicyclic) bond motifs is 1. The number of aromatic nitrogens is 1. The van der Waals surface area contributed by atoms with Gasteiger partial charge in [-0.15, -0.1) is 11.6 Å². The molecule has 1 aromatic carbocycles. The number of esters is 1. The Balaban J connectivity index is 2.44. The van der Waals surface area contributed by atoms with Crippen molar-refractivity contribution in [1.29, 1.82) is 0 Å². The average Bonchev–Trinajstić information content (AvgIpc) is 2.85. The van der Waals surface area contributed by atoms with Gasteiger partial charge in [0.2, 0.25) is 0 Å². The summed E-state index contributed by atoms with van der Waals surface area (Å²) < 4.78 is 15.4. The van der Waals surface area contributed by atoms with Gasteiger partial charge in [0.1, 0.15) is 12.3 Å². The number of benzene rings is 1. The molecular weight excluding hydrogens is 270 g/mol. The fourth-order valence-electron chi connectivity index (χ4n) is 1.78. The van der Waals surface area contributed by atoms with Crippen LogP contribution in [0, 0.1) is 0 Å². The molecule has 19 heavy (non-hydrogen) atoms. The first kappa shape index (κ1) is 13.5. The van der Waals surface area contributed by atoms with Crippen LogP contribution in [0.3, 0.4) is 0 Å². The van der Waals surface area contributed by atoms with Crippen LogP contribution in [-0.4, -0.2) is 37.7 Å². The summed E-state index contributed by atoms with van der Waals surface area (Å²) in [5.41, 5.74) is 1.15. The highest BCUT2D eigenvalue weighted by molar-refractivity contribution is 6.18. The number of methoxy groups -OCH3 is 2. The predicted octanol–water partition coefficient (Wildman–Crippen LogP) is 2.58. The number of carbonyl (C=O) groups is 1. The molecule has 6 heteroatoms. The van der Waals surface area contributed by atoms with Crippen LogP contribution in [0.25, 0.3) is 10.9 Å². The molecule has 0 saturated heterocycles. The topological polar surface area (TPSA) is 60.6 Å². The lowest BCUT2D eigenvalue weighted by Crippen LogP contribution is -2.00. The summed E-state index contributed by atoms with van der Waals surface area (Å²) in [6.45, 7) is 0.383. The zero-order chi connectivity index (χ0) is 13.8. The molecule has 0 aliphatic carbocycles. The Bertz CT molecular complexity index is 594. The standard InChI is InChI=1S/C13H14ClNO4/c1-17-11-6-8-5-10(13(16)18-2)15-9(8)7-12(11)19-4-3-14/h5-7,15H,3-4H2,1-2H3. The van der Waals surface area contributed by atoms with Crippen molar-refractivity contribution in [2.24, 2.45) is 0 Å². The van der Waals surface area contributed by atoms with E-state index in [1.165, 1.54) is 7.11 Å². The molecule has 0 radical (unpaired) electrons. The van der Waals surface area contributed by atoms with Crippen LogP contribution < -0.4 is 9.47 Å². The van der Waals surface area contributed by atoms with Gasteiger partial charge in [-0.05, 0) is 12.1 Å². The quantitative estimate of drug-likeness (QED) is 0.677. The van der Waals surface area contributed by atoms with Crippen molar-refractivity contribution in [3.63, 3.8) is 0 Å². The molecule has 0 spiro atoms. The molecule has 102 valence electrons. The van der Waals surface area contributed by atoms with Crippen LogP contribution in [-0.2, 0) is 4.74 Å². The zero-order valence-electron chi connectivity index (χ0n) is 10.7. The van der Waals surface area contributed by atoms with Gasteiger partial charge in [-0.25, -0.2) is 4.79 Å². The summed E-state index contributed by atoms with van der Waals surface area (Å²) in [5.74, 6) is 1.14. The first-order valence-corrected chi connectivity index (χ1v) is 6.21. The maximum Gasteiger partial charge on any atom is 0.354 e. The van der Waals surface area contributed by atoms with Crippen molar-refractivity contribution in [2.45, 2.75) is 0 Å². The minimum atomic E-state index is -0.418. The lowest BCUT2D eigenvalue weighted by molar-refractivity contribution is 0.0595. The summed E-state index contributed by atoms with van der Waals surface area (Å²) >= 11 is 5.59. The van der Waals surface area contributed by atoms with Crippen LogP contribution in [0.15, 0.2) is 18.2 Å². The van der Waals surface area contributed by atoms with Gasteiger partial charge in [0, 0.05) is 11.5 Å². The van der Waals surface area contributed by atoms with Gasteiger partial charge in [-0.1, -0.05) is 0 Å². The van der Waals surface area contributed by atoms with E-state index in [1.807, 2.05) is 0 Å². The van der Waals surface area contributed by atoms with E-state index < -0.39 is 5.97 Å². The van der Waals surface area contributed by atoms with Crippen molar-refractivity contribution in [3.8, 4) is 11.5 Å². The number of halogens is 1. The highest BCUT2D eigenvalue weighted by Crippen LogP contribution is 2.32. The minimum absolute atomic E-state index is 0.383. The normalized spacial score (nSPS) is 10.5. The van der Waals surface area contributed by atoms with Crippen molar-refractivity contribution in [1.82, 2.24) is 4.98 Å². The summed E-state index contributed by atoms with van der Waals surface area (Å²) in [6.07, 6.45) is 0. The van der Waals surface area contributed by atoms with Crippen molar-refractivity contribution >= 4 is 28.5 Å². The van der Waals surface area contributed by atoms with Gasteiger partial charge < -0.3 is 19.2 Å². The molecule has 1 heterocycles. The maximum absolute atomic E-state index is 11.5. The average molecular weight is 284 g/mol. The van der Waals surface area contributed by atoms with Crippen LogP contribution in [0.1, 0.15) is 10.5 Å². The van der Waals surface area contributed by atoms with Gasteiger partial charge in [0.05, 0.1) is 25.6 Å². The van der Waals surface area contributed by atoms with E-state index in [2.05, 4.69) is 9.72 Å². The van der Waals surface area contributed by atoms with E-state index >= 15 is 0 Å². The molecule has 0 amide bonds. The Morgan fingerprint density at radius 3 is 2.68 bits per heavy atom. The van der Waals surface area contributed by atoms with Gasteiger partial charge in [0.15, 0.2) is 11.5 Å². The van der Waals surface area contributed by atoms with Crippen LogP contribution >= 0.6 is 11.6 Å². The second kappa shape index (κ2) is 5.84. The lowest BCUT2D eigenvalue weighted by Gasteiger charge is -2.09. The van der Waals surface area contributed by atoms with E-state index in [9.17, 15) is 4.79 Å². The number of ether oxygens (including phenoxy) is 3. The predicted molar refractivity (Wildman–Crippen MR) is 72.4 cm³/mol. The molecule has 0 aliphatic heterocycles. The zero-order valence-corrected chi connectivity index (χ0v) is 11.4. The molecular formula is C13H14ClNO4. The van der Waals surface area contributed by atoms with Crippen LogP contribution in [0.2, 0.25) is 0 Å². The second-order valence-corrected chi connectivity index (χ2v) is 4.18. The first-order valence-electron chi connectivity index (χ1n) is 5.67. The number of H-pyrrole nitrogens is 1. The third kappa shape index (κ3) is 2.76. The second-order valence-electron chi connectivity index (χ2n) is 3.80. The number of nitrogens with one attached hydrogen (secondary N) is 1. The van der Waals surface area contributed by atoms with E-state index in [-0.39, 0.29) is 0 Å². The number of hydrogen-bond donors (Lipinski definition) is 1. The van der Waals surface area contributed by atoms with Gasteiger partial charge >= 0.3 is 5.97 Å². The Morgan fingerprint density at radius 1 is 1.26 bits per heavy atom. The van der Waals surface area contributed by atoms with Gasteiger partial charge in [0.25, 0.3) is 0 Å². The smallest absolute Gasteiger partial charge is 0.354 e. The van der Waals surface area contributed by atoms with E-state index in [0.29, 0.717) is 29.7 Å². The lowest BCUT2D eigenvalue weighted by atomic mass is 10.2. The highest BCUT2D eigenvalue weighted by atomic mass is 35.5. The van der Waals surface area contributed by atoms with Crippen molar-refractivity contribution in [2.75, 3.05) is 26.7 Å². The van der Waals surface area contributed by atoms with Crippen molar-refractivity contribution < 1.29 is 19.0 Å². The third-order valence-corrected chi connectivity index (χ3v) is 2.80. The number of carbonyl (C=O) groups excluding carboxylic acids is 1.